The van der Waals surface area contributed by atoms with Gasteiger partial charge >= 0.3 is 0 Å². The van der Waals surface area contributed by atoms with Crippen molar-refractivity contribution in [2.45, 2.75) is 51.4 Å². The number of sulfonamides is 1. The van der Waals surface area contributed by atoms with E-state index >= 15 is 0 Å². The van der Waals surface area contributed by atoms with E-state index in [9.17, 15) is 17.2 Å². The quantitative estimate of drug-likeness (QED) is 0.407. The number of hydrogen-bond donors (Lipinski definition) is 2. The first kappa shape index (κ1) is 27.8. The Balaban J connectivity index is 1.30. The van der Waals surface area contributed by atoms with Crippen LogP contribution in [0.2, 0.25) is 0 Å². The highest BCUT2D eigenvalue weighted by atomic mass is 32.2. The molecule has 0 bridgehead atoms. The number of nitrogens with one attached hydrogen (secondary N) is 1. The first-order chi connectivity index (χ1) is 19.5. The molecule has 0 unspecified atom stereocenters. The lowest BCUT2D eigenvalue weighted by Gasteiger charge is -2.35. The standard InChI is InChI=1S/C28H35F2N7O3S/c1-20-16-25(36-12-8-28(29,30)9-13-36)31-26(17-20)37-19-23(32-34-37)22-3-2-21(33-41(39,40)15-14-38)18-24(22)35-10-6-27(4-5-27)7-11-35/h2-3,16-19,33,38H,4-15H2,1H3. The third kappa shape index (κ3) is 6.15. The number of benzene rings is 1. The number of nitrogens with zero attached hydrogens (tertiary/aromatic N) is 6. The Morgan fingerprint density at radius 1 is 0.951 bits per heavy atom. The topological polar surface area (TPSA) is 116 Å². The molecule has 3 aromatic rings. The van der Waals surface area contributed by atoms with Crippen LogP contribution in [0, 0.1) is 12.3 Å². The van der Waals surface area contributed by atoms with Crippen LogP contribution >= 0.6 is 0 Å². The van der Waals surface area contributed by atoms with Crippen LogP contribution in [0.5, 0.6) is 0 Å². The third-order valence-corrected chi connectivity index (χ3v) is 9.79. The summed E-state index contributed by atoms with van der Waals surface area (Å²) in [5.74, 6) is -1.84. The Bertz CT molecular complexity index is 1520. The van der Waals surface area contributed by atoms with Crippen LogP contribution in [0.25, 0.3) is 17.1 Å². The van der Waals surface area contributed by atoms with Gasteiger partial charge in [0.25, 0.3) is 5.92 Å². The fourth-order valence-corrected chi connectivity index (χ4v) is 6.62. The molecule has 2 aromatic heterocycles. The van der Waals surface area contributed by atoms with Gasteiger partial charge in [0.05, 0.1) is 24.2 Å². The molecule has 1 spiro atoms. The van der Waals surface area contributed by atoms with Crippen molar-refractivity contribution in [2.75, 3.05) is 53.1 Å². The van der Waals surface area contributed by atoms with Crippen molar-refractivity contribution in [3.8, 4) is 17.1 Å². The second-order valence-electron chi connectivity index (χ2n) is 11.6. The Labute approximate surface area is 238 Å². The van der Waals surface area contributed by atoms with Crippen molar-refractivity contribution in [3.63, 3.8) is 0 Å². The summed E-state index contributed by atoms with van der Waals surface area (Å²) in [7, 11) is -3.68. The molecule has 10 nitrogen and oxygen atoms in total. The molecule has 3 aliphatic rings. The zero-order valence-corrected chi connectivity index (χ0v) is 23.9. The SMILES string of the molecule is Cc1cc(N2CCC(F)(F)CC2)nc(-n2cc(-c3ccc(NS(=O)(=O)CCO)cc3N3CCC4(CC3)CC4)nn2)c1. The first-order valence-electron chi connectivity index (χ1n) is 14.1. The molecule has 6 rings (SSSR count). The van der Waals surface area contributed by atoms with Gasteiger partial charge in [0, 0.05) is 50.3 Å². The highest BCUT2D eigenvalue weighted by Crippen LogP contribution is 2.54. The predicted molar refractivity (Wildman–Crippen MR) is 153 cm³/mol. The van der Waals surface area contributed by atoms with Crippen LogP contribution in [-0.4, -0.2) is 78.0 Å². The van der Waals surface area contributed by atoms with Gasteiger partial charge in [-0.3, -0.25) is 4.72 Å². The summed E-state index contributed by atoms with van der Waals surface area (Å²) in [6.45, 7) is 3.68. The van der Waals surface area contributed by atoms with Gasteiger partial charge in [0.1, 0.15) is 11.5 Å². The van der Waals surface area contributed by atoms with E-state index in [4.69, 9.17) is 10.1 Å². The van der Waals surface area contributed by atoms with Crippen LogP contribution in [0.4, 0.5) is 26.0 Å². The largest absolute Gasteiger partial charge is 0.395 e. The van der Waals surface area contributed by atoms with E-state index in [0.717, 1.165) is 42.7 Å². The Kier molecular flexibility index (Phi) is 7.13. The average Bonchev–Trinajstić information content (AvgIpc) is 3.48. The summed E-state index contributed by atoms with van der Waals surface area (Å²) in [6.07, 6.45) is 6.13. The second-order valence-corrected chi connectivity index (χ2v) is 13.5. The number of hydrogen-bond acceptors (Lipinski definition) is 8. The lowest BCUT2D eigenvalue weighted by molar-refractivity contribution is -0.0221. The number of aliphatic hydroxyl groups excluding tert-OH is 1. The molecule has 4 heterocycles. The Morgan fingerprint density at radius 3 is 2.32 bits per heavy atom. The fraction of sp³-hybridized carbons (Fsp3) is 0.536. The number of aromatic nitrogens is 4. The van der Waals surface area contributed by atoms with Gasteiger partial charge in [-0.15, -0.1) is 5.10 Å². The maximum Gasteiger partial charge on any atom is 0.251 e. The minimum absolute atomic E-state index is 0.196. The van der Waals surface area contributed by atoms with E-state index in [1.165, 1.54) is 12.8 Å². The zero-order valence-electron chi connectivity index (χ0n) is 23.1. The van der Waals surface area contributed by atoms with Crippen molar-refractivity contribution < 1.29 is 22.3 Å². The third-order valence-electron chi connectivity index (χ3n) is 8.52. The fourth-order valence-electron chi connectivity index (χ4n) is 5.80. The number of anilines is 3. The molecule has 2 saturated heterocycles. The molecular weight excluding hydrogens is 552 g/mol. The zero-order chi connectivity index (χ0) is 28.8. The van der Waals surface area contributed by atoms with E-state index in [0.29, 0.717) is 28.4 Å². The monoisotopic (exact) mass is 587 g/mol. The average molecular weight is 588 g/mol. The molecule has 13 heteroatoms. The van der Waals surface area contributed by atoms with Crippen molar-refractivity contribution in [3.05, 3.63) is 42.1 Å². The molecule has 0 radical (unpaired) electrons. The van der Waals surface area contributed by atoms with Gasteiger partial charge in [-0.05, 0) is 73.9 Å². The maximum absolute atomic E-state index is 13.7. The minimum Gasteiger partial charge on any atom is -0.395 e. The van der Waals surface area contributed by atoms with Crippen LogP contribution in [0.3, 0.4) is 0 Å². The lowest BCUT2D eigenvalue weighted by Crippen LogP contribution is -2.39. The summed E-state index contributed by atoms with van der Waals surface area (Å²) in [4.78, 5) is 8.88. The lowest BCUT2D eigenvalue weighted by atomic mass is 9.93. The molecule has 3 fully saturated rings. The van der Waals surface area contributed by atoms with Gasteiger partial charge in [0.2, 0.25) is 10.0 Å². The molecular formula is C28H35F2N7O3S. The van der Waals surface area contributed by atoms with Crippen molar-refractivity contribution in [1.82, 2.24) is 20.0 Å². The van der Waals surface area contributed by atoms with Gasteiger partial charge < -0.3 is 14.9 Å². The number of rotatable bonds is 8. The summed E-state index contributed by atoms with van der Waals surface area (Å²) in [5, 5.41) is 17.9. The minimum atomic E-state index is -3.68. The highest BCUT2D eigenvalue weighted by molar-refractivity contribution is 7.92. The number of aliphatic hydroxyl groups is 1. The maximum atomic E-state index is 13.7. The molecule has 2 N–H and O–H groups in total. The molecule has 0 atom stereocenters. The normalized spacial score (nSPS) is 19.9. The van der Waals surface area contributed by atoms with Crippen molar-refractivity contribution in [2.24, 2.45) is 5.41 Å². The summed E-state index contributed by atoms with van der Waals surface area (Å²) >= 11 is 0. The summed E-state index contributed by atoms with van der Waals surface area (Å²) in [5.41, 5.74) is 4.12. The van der Waals surface area contributed by atoms with E-state index in [1.54, 1.807) is 16.9 Å². The summed E-state index contributed by atoms with van der Waals surface area (Å²) < 4.78 is 56.3. The predicted octanol–water partition coefficient (Wildman–Crippen LogP) is 3.99. The van der Waals surface area contributed by atoms with Crippen LogP contribution < -0.4 is 14.5 Å². The number of pyridine rings is 1. The number of aryl methyl sites for hydroxylation is 1. The number of alkyl halides is 2. The Hall–Kier alpha value is -3.32. The molecule has 1 aromatic carbocycles. The smallest absolute Gasteiger partial charge is 0.251 e. The molecule has 1 aliphatic carbocycles. The van der Waals surface area contributed by atoms with E-state index in [2.05, 4.69) is 19.9 Å². The molecule has 0 amide bonds. The van der Waals surface area contributed by atoms with Crippen LogP contribution in [0.15, 0.2) is 36.5 Å². The van der Waals surface area contributed by atoms with Gasteiger partial charge in [-0.25, -0.2) is 26.9 Å². The second kappa shape index (κ2) is 10.5. The van der Waals surface area contributed by atoms with Crippen molar-refractivity contribution >= 4 is 27.2 Å². The van der Waals surface area contributed by atoms with E-state index < -0.39 is 22.6 Å². The highest BCUT2D eigenvalue weighted by Gasteiger charge is 2.44. The van der Waals surface area contributed by atoms with E-state index in [-0.39, 0.29) is 31.7 Å². The van der Waals surface area contributed by atoms with Crippen LogP contribution in [0.1, 0.15) is 44.1 Å². The van der Waals surface area contributed by atoms with Crippen molar-refractivity contribution in [1.29, 1.82) is 0 Å². The molecule has 220 valence electrons. The van der Waals surface area contributed by atoms with Gasteiger partial charge in [-0.1, -0.05) is 5.21 Å². The molecule has 1 saturated carbocycles. The summed E-state index contributed by atoms with van der Waals surface area (Å²) in [6, 6.07) is 9.12. The van der Waals surface area contributed by atoms with Gasteiger partial charge in [-0.2, -0.15) is 0 Å². The molecule has 41 heavy (non-hydrogen) atoms. The van der Waals surface area contributed by atoms with Gasteiger partial charge in [0.15, 0.2) is 5.82 Å². The van der Waals surface area contributed by atoms with Crippen LogP contribution in [-0.2, 0) is 10.0 Å². The number of halogens is 2. The molecule has 2 aliphatic heterocycles. The van der Waals surface area contributed by atoms with E-state index in [1.807, 2.05) is 36.1 Å². The first-order valence-corrected chi connectivity index (χ1v) is 15.7. The Morgan fingerprint density at radius 2 is 1.63 bits per heavy atom. The number of piperidine rings is 2.